The highest BCUT2D eigenvalue weighted by atomic mass is 127. The monoisotopic (exact) mass is 639 g/mol. The first-order chi connectivity index (χ1) is 15.2. The van der Waals surface area contributed by atoms with Gasteiger partial charge in [0.2, 0.25) is 5.90 Å². The summed E-state index contributed by atoms with van der Waals surface area (Å²) >= 11 is 2.66. The molecule has 0 atom stereocenters. The minimum absolute atomic E-state index is 0.0166. The number of carbonyl (C=O) groups excluding carboxylic acids is 1. The number of hydrogen-bond donors (Lipinski definition) is 0. The van der Waals surface area contributed by atoms with Crippen LogP contribution in [0.3, 0.4) is 0 Å². The van der Waals surface area contributed by atoms with E-state index in [4.69, 9.17) is 7.80 Å². The van der Waals surface area contributed by atoms with E-state index in [2.05, 4.69) is 26.0 Å². The topological polar surface area (TPSA) is 65.7 Å². The highest BCUT2D eigenvalue weighted by Gasteiger charge is 2.36. The quantitative estimate of drug-likeness (QED) is 0.253. The molecule has 1 aliphatic heterocycles. The number of esters is 1. The van der Waals surface area contributed by atoms with E-state index in [1.165, 1.54) is 6.07 Å². The van der Waals surface area contributed by atoms with Crippen LogP contribution in [0.2, 0.25) is 0 Å². The highest BCUT2D eigenvalue weighted by Crippen LogP contribution is 2.41. The summed E-state index contributed by atoms with van der Waals surface area (Å²) in [5.74, 6) is -0.238. The van der Waals surface area contributed by atoms with Crippen molar-refractivity contribution in [3.8, 4) is 0 Å². The van der Waals surface area contributed by atoms with Gasteiger partial charge in [-0.25, -0.2) is 9.79 Å². The fourth-order valence-corrected chi connectivity index (χ4v) is 6.29. The number of alkyl halides is 3. The van der Waals surface area contributed by atoms with E-state index >= 15 is 0 Å². The summed E-state index contributed by atoms with van der Waals surface area (Å²) in [6, 6.07) is 10.6. The number of thiophene rings is 1. The molecule has 0 fully saturated rings. The number of nitrogens with zero attached hydrogens (tertiary/aromatic N) is 3. The summed E-state index contributed by atoms with van der Waals surface area (Å²) < 4.78 is 52.0. The lowest BCUT2D eigenvalue weighted by atomic mass is 10.1. The fraction of sp³-hybridized carbons (Fsp3) is 0.200. The molecule has 3 aromatic rings. The van der Waals surface area contributed by atoms with E-state index in [9.17, 15) is 18.0 Å². The van der Waals surface area contributed by atoms with Crippen molar-refractivity contribution in [2.24, 2.45) is 4.99 Å². The third-order valence-electron chi connectivity index (χ3n) is 4.20. The molecule has 0 unspecified atom stereocenters. The highest BCUT2D eigenvalue weighted by molar-refractivity contribution is 14.2. The average molecular weight is 640 g/mol. The Morgan fingerprint density at radius 3 is 2.69 bits per heavy atom. The Labute approximate surface area is 203 Å². The van der Waals surface area contributed by atoms with Gasteiger partial charge < -0.3 is 7.80 Å². The van der Waals surface area contributed by atoms with Crippen LogP contribution in [0.25, 0.3) is 0 Å². The standard InChI is InChI=1S/C20H14BrF3IN3O3S/c1-2-30-19(29)14-7-8-28(27-14)10-11-3-5-12(6-4-11)17-25-31-18(26-17)15-9-13(21)16(32-15)20(22,23)24/h3-9H,2,10H2,1H3. The van der Waals surface area contributed by atoms with Gasteiger partial charge in [-0.05, 0) is 40.5 Å². The Morgan fingerprint density at radius 2 is 2.03 bits per heavy atom. The summed E-state index contributed by atoms with van der Waals surface area (Å²) in [4.78, 5) is 15.8. The zero-order chi connectivity index (χ0) is 22.9. The van der Waals surface area contributed by atoms with Crippen molar-refractivity contribution in [2.45, 2.75) is 19.6 Å². The minimum atomic E-state index is -4.43. The van der Waals surface area contributed by atoms with Crippen molar-refractivity contribution in [1.82, 2.24) is 9.78 Å². The summed E-state index contributed by atoms with van der Waals surface area (Å²) in [6.07, 6.45) is -2.72. The molecule has 0 saturated carbocycles. The molecule has 2 aromatic heterocycles. The number of benzene rings is 1. The third-order valence-corrected chi connectivity index (χ3v) is 8.18. The minimum Gasteiger partial charge on any atom is -0.461 e. The van der Waals surface area contributed by atoms with E-state index in [0.717, 1.165) is 14.8 Å². The molecule has 32 heavy (non-hydrogen) atoms. The smallest absolute Gasteiger partial charge is 0.426 e. The first-order valence-electron chi connectivity index (χ1n) is 9.19. The normalized spacial score (nSPS) is 13.8. The van der Waals surface area contributed by atoms with Gasteiger partial charge in [-0.15, -0.1) is 11.3 Å². The second-order valence-electron chi connectivity index (χ2n) is 6.46. The number of halogens is 5. The van der Waals surface area contributed by atoms with Crippen molar-refractivity contribution in [3.05, 3.63) is 73.6 Å². The summed E-state index contributed by atoms with van der Waals surface area (Å²) in [5, 5.41) is 4.21. The van der Waals surface area contributed by atoms with Crippen molar-refractivity contribution >= 4 is 63.9 Å². The predicted molar refractivity (Wildman–Crippen MR) is 126 cm³/mol. The maximum absolute atomic E-state index is 13.0. The third kappa shape index (κ3) is 5.12. The molecule has 0 bridgehead atoms. The van der Waals surface area contributed by atoms with Gasteiger partial charge in [0, 0.05) is 16.2 Å². The van der Waals surface area contributed by atoms with Crippen molar-refractivity contribution in [2.75, 3.05) is 6.61 Å². The second kappa shape index (κ2) is 9.43. The Kier molecular flexibility index (Phi) is 6.81. The molecule has 4 rings (SSSR count). The van der Waals surface area contributed by atoms with Gasteiger partial charge in [0.05, 0.1) is 18.0 Å². The molecule has 0 aliphatic carbocycles. The molecule has 1 aromatic carbocycles. The molecule has 3 heterocycles. The second-order valence-corrected chi connectivity index (χ2v) is 10.3. The van der Waals surface area contributed by atoms with Gasteiger partial charge in [0.25, 0.3) is 0 Å². The number of aliphatic imine (C=N–C) groups is 1. The number of hydrogen-bond acceptors (Lipinski definition) is 6. The van der Waals surface area contributed by atoms with E-state index in [1.54, 1.807) is 23.9 Å². The predicted octanol–water partition coefficient (Wildman–Crippen LogP) is 5.79. The maximum atomic E-state index is 13.0. The summed E-state index contributed by atoms with van der Waals surface area (Å²) in [7, 11) is 0. The summed E-state index contributed by atoms with van der Waals surface area (Å²) in [5.41, 5.74) is 2.07. The van der Waals surface area contributed by atoms with Crippen LogP contribution in [0.5, 0.6) is 0 Å². The lowest BCUT2D eigenvalue weighted by Crippen LogP contribution is -2.07. The fourth-order valence-electron chi connectivity index (χ4n) is 2.76. The lowest BCUT2D eigenvalue weighted by Gasteiger charge is -2.03. The summed E-state index contributed by atoms with van der Waals surface area (Å²) in [6.45, 7) is 2.49. The molecule has 12 heteroatoms. The molecular formula is C20H14BrF3IN3O3S. The van der Waals surface area contributed by atoms with Crippen molar-refractivity contribution in [1.29, 1.82) is 0 Å². The lowest BCUT2D eigenvalue weighted by molar-refractivity contribution is -0.134. The van der Waals surface area contributed by atoms with Gasteiger partial charge in [-0.1, -0.05) is 24.3 Å². The van der Waals surface area contributed by atoms with E-state index in [1.807, 2.05) is 24.3 Å². The Balaban J connectivity index is 1.45. The van der Waals surface area contributed by atoms with Gasteiger partial charge in [0.1, 0.15) is 29.7 Å². The first kappa shape index (κ1) is 23.1. The van der Waals surface area contributed by atoms with E-state index < -0.39 is 38.2 Å². The molecule has 168 valence electrons. The van der Waals surface area contributed by atoms with Crippen molar-refractivity contribution in [3.63, 3.8) is 0 Å². The number of ether oxygens (including phenoxy) is 1. The van der Waals surface area contributed by atoms with Crippen molar-refractivity contribution < 1.29 is 25.8 Å². The SMILES string of the molecule is CCOC(=O)c1ccn(Cc2ccc(C3=IOC(c4cc(Br)c(C(F)(F)F)s4)=N3)cc2)n1. The van der Waals surface area contributed by atoms with Crippen LogP contribution in [0.15, 0.2) is 52.1 Å². The molecular weight excluding hydrogens is 626 g/mol. The molecule has 0 saturated heterocycles. The average Bonchev–Trinajstić information content (AvgIpc) is 3.47. The Morgan fingerprint density at radius 1 is 1.28 bits per heavy atom. The first-order valence-corrected chi connectivity index (χ1v) is 12.8. The van der Waals surface area contributed by atoms with E-state index in [-0.39, 0.29) is 22.7 Å². The van der Waals surface area contributed by atoms with Gasteiger partial charge in [-0.2, -0.15) is 18.3 Å². The Bertz CT molecular complexity index is 1220. The zero-order valence-corrected chi connectivity index (χ0v) is 20.9. The molecule has 0 N–H and O–H groups in total. The van der Waals surface area contributed by atoms with Crippen LogP contribution in [0, 0.1) is 0 Å². The van der Waals surface area contributed by atoms with Crippen LogP contribution in [0.4, 0.5) is 13.2 Å². The number of aromatic nitrogens is 2. The number of rotatable bonds is 6. The van der Waals surface area contributed by atoms with Gasteiger partial charge in [0.15, 0.2) is 5.69 Å². The maximum Gasteiger partial charge on any atom is 0.426 e. The largest absolute Gasteiger partial charge is 0.461 e. The van der Waals surface area contributed by atoms with Gasteiger partial charge >= 0.3 is 12.1 Å². The van der Waals surface area contributed by atoms with Crippen LogP contribution in [-0.4, -0.2) is 31.9 Å². The molecule has 0 radical (unpaired) electrons. The van der Waals surface area contributed by atoms with E-state index in [0.29, 0.717) is 22.8 Å². The molecule has 6 nitrogen and oxygen atoms in total. The van der Waals surface area contributed by atoms with Crippen LogP contribution in [-0.2, 0) is 20.5 Å². The van der Waals surface area contributed by atoms with Crippen LogP contribution >= 0.6 is 48.4 Å². The van der Waals surface area contributed by atoms with Crippen LogP contribution < -0.4 is 0 Å². The zero-order valence-electron chi connectivity index (χ0n) is 16.3. The molecule has 0 spiro atoms. The van der Waals surface area contributed by atoms with Gasteiger partial charge in [-0.3, -0.25) is 4.68 Å². The van der Waals surface area contributed by atoms with Crippen LogP contribution in [0.1, 0.15) is 38.3 Å². The molecule has 0 amide bonds. The molecule has 1 aliphatic rings. The Hall–Kier alpha value is -2.06. The number of carbonyl (C=O) groups is 1.